The van der Waals surface area contributed by atoms with Crippen molar-refractivity contribution in [1.29, 1.82) is 0 Å². The first-order valence-corrected chi connectivity index (χ1v) is 10.6. The monoisotopic (exact) mass is 394 g/mol. The minimum Gasteiger partial charge on any atom is -0.348 e. The number of hydrogen-bond acceptors (Lipinski definition) is 4. The van der Waals surface area contributed by atoms with Gasteiger partial charge in [-0.3, -0.25) is 19.5 Å². The first-order valence-electron chi connectivity index (χ1n) is 10.6. The molecular formula is C23H30N4O2. The average molecular weight is 395 g/mol. The number of fused-ring (bicyclic) bond motifs is 1. The molecule has 4 rings (SSSR count). The van der Waals surface area contributed by atoms with Gasteiger partial charge in [0.05, 0.1) is 16.7 Å². The summed E-state index contributed by atoms with van der Waals surface area (Å²) in [6.45, 7) is 5.65. The number of amides is 2. The van der Waals surface area contributed by atoms with Crippen molar-refractivity contribution in [3.63, 3.8) is 0 Å². The maximum Gasteiger partial charge on any atom is 0.244 e. The summed E-state index contributed by atoms with van der Waals surface area (Å²) >= 11 is 0. The maximum atomic E-state index is 12.9. The van der Waals surface area contributed by atoms with E-state index < -0.39 is 6.04 Å². The molecule has 6 heteroatoms. The first kappa shape index (κ1) is 19.8. The van der Waals surface area contributed by atoms with Crippen LogP contribution in [0.5, 0.6) is 0 Å². The van der Waals surface area contributed by atoms with Crippen molar-refractivity contribution in [3.05, 3.63) is 42.1 Å². The zero-order valence-electron chi connectivity index (χ0n) is 17.3. The molecule has 2 amide bonds. The minimum atomic E-state index is -0.537. The molecule has 1 atom stereocenters. The van der Waals surface area contributed by atoms with Crippen molar-refractivity contribution in [3.8, 4) is 0 Å². The number of rotatable bonds is 4. The van der Waals surface area contributed by atoms with Crippen LogP contribution < -0.4 is 10.6 Å². The largest absolute Gasteiger partial charge is 0.348 e. The first-order chi connectivity index (χ1) is 13.9. The number of para-hydroxylation sites is 1. The number of aromatic nitrogens is 1. The highest BCUT2D eigenvalue weighted by atomic mass is 16.2. The number of pyridine rings is 1. The molecule has 1 saturated carbocycles. The molecule has 1 aliphatic carbocycles. The predicted molar refractivity (Wildman–Crippen MR) is 113 cm³/mol. The summed E-state index contributed by atoms with van der Waals surface area (Å²) in [7, 11) is 0. The number of carbonyl (C=O) groups is 2. The second kappa shape index (κ2) is 8.11. The minimum absolute atomic E-state index is 0.0603. The number of nitrogens with one attached hydrogen (secondary N) is 2. The van der Waals surface area contributed by atoms with E-state index in [1.54, 1.807) is 0 Å². The molecule has 29 heavy (non-hydrogen) atoms. The second-order valence-corrected chi connectivity index (χ2v) is 8.86. The highest BCUT2D eigenvalue weighted by molar-refractivity contribution is 5.89. The van der Waals surface area contributed by atoms with E-state index in [9.17, 15) is 9.59 Å². The van der Waals surface area contributed by atoms with E-state index in [1.165, 1.54) is 0 Å². The number of carbonyl (C=O) groups excluding carboxylic acids is 2. The van der Waals surface area contributed by atoms with Crippen LogP contribution in [0.1, 0.15) is 45.2 Å². The molecule has 1 spiro atoms. The highest BCUT2D eigenvalue weighted by Gasteiger charge is 2.42. The van der Waals surface area contributed by atoms with Crippen molar-refractivity contribution < 1.29 is 9.59 Å². The van der Waals surface area contributed by atoms with Gasteiger partial charge in [-0.05, 0) is 25.0 Å². The van der Waals surface area contributed by atoms with Crippen molar-refractivity contribution in [2.75, 3.05) is 13.1 Å². The fourth-order valence-corrected chi connectivity index (χ4v) is 4.55. The Kier molecular flexibility index (Phi) is 5.54. The lowest BCUT2D eigenvalue weighted by Crippen LogP contribution is -2.54. The molecule has 154 valence electrons. The molecule has 6 nitrogen and oxygen atoms in total. The third kappa shape index (κ3) is 4.42. The van der Waals surface area contributed by atoms with Crippen LogP contribution in [0.4, 0.5) is 0 Å². The Balaban J connectivity index is 1.58. The average Bonchev–Trinajstić information content (AvgIpc) is 3.09. The fourth-order valence-electron chi connectivity index (χ4n) is 4.55. The summed E-state index contributed by atoms with van der Waals surface area (Å²) in [6, 6.07) is 11.7. The predicted octanol–water partition coefficient (Wildman–Crippen LogP) is 2.62. The van der Waals surface area contributed by atoms with Crippen molar-refractivity contribution in [2.45, 2.75) is 57.7 Å². The summed E-state index contributed by atoms with van der Waals surface area (Å²) in [5, 5.41) is 7.35. The van der Waals surface area contributed by atoms with Crippen LogP contribution in [0.3, 0.4) is 0 Å². The number of nitrogens with zero attached hydrogens (tertiary/aromatic N) is 2. The molecule has 1 saturated heterocycles. The summed E-state index contributed by atoms with van der Waals surface area (Å²) in [4.78, 5) is 32.3. The zero-order chi connectivity index (χ0) is 20.4. The third-order valence-electron chi connectivity index (χ3n) is 6.12. The van der Waals surface area contributed by atoms with Gasteiger partial charge in [0.1, 0.15) is 6.04 Å². The molecular weight excluding hydrogens is 364 g/mol. The molecule has 1 aromatic heterocycles. The number of benzene rings is 1. The van der Waals surface area contributed by atoms with E-state index in [0.717, 1.165) is 48.8 Å². The molecule has 2 fully saturated rings. The Bertz CT molecular complexity index is 905. The number of hydrogen-bond donors (Lipinski definition) is 2. The van der Waals surface area contributed by atoms with Crippen LogP contribution in [0.2, 0.25) is 0 Å². The van der Waals surface area contributed by atoms with E-state index >= 15 is 0 Å². The molecule has 1 aliphatic heterocycles. The second-order valence-electron chi connectivity index (χ2n) is 8.86. The van der Waals surface area contributed by atoms with Crippen LogP contribution >= 0.6 is 0 Å². The van der Waals surface area contributed by atoms with Gasteiger partial charge in [-0.25, -0.2) is 0 Å². The Morgan fingerprint density at radius 1 is 1.24 bits per heavy atom. The Labute approximate surface area is 172 Å². The summed E-state index contributed by atoms with van der Waals surface area (Å²) < 4.78 is 0. The van der Waals surface area contributed by atoms with Gasteiger partial charge in [-0.15, -0.1) is 0 Å². The van der Waals surface area contributed by atoms with Crippen molar-refractivity contribution in [1.82, 2.24) is 20.5 Å². The summed E-state index contributed by atoms with van der Waals surface area (Å²) in [5.74, 6) is -0.298. The quantitative estimate of drug-likeness (QED) is 0.836. The Hall–Kier alpha value is -2.47. The van der Waals surface area contributed by atoms with Crippen LogP contribution in [0.25, 0.3) is 10.9 Å². The molecule has 2 N–H and O–H groups in total. The van der Waals surface area contributed by atoms with Crippen molar-refractivity contribution in [2.24, 2.45) is 5.92 Å². The molecule has 1 aromatic carbocycles. The topological polar surface area (TPSA) is 74.3 Å². The van der Waals surface area contributed by atoms with Gasteiger partial charge in [0.15, 0.2) is 0 Å². The van der Waals surface area contributed by atoms with Crippen LogP contribution in [-0.4, -0.2) is 46.4 Å². The lowest BCUT2D eigenvalue weighted by atomic mass is 9.97. The molecule has 2 heterocycles. The van der Waals surface area contributed by atoms with Crippen LogP contribution in [0.15, 0.2) is 36.4 Å². The highest BCUT2D eigenvalue weighted by Crippen LogP contribution is 2.32. The Morgan fingerprint density at radius 2 is 2.00 bits per heavy atom. The van der Waals surface area contributed by atoms with Crippen LogP contribution in [0, 0.1) is 5.92 Å². The SMILES string of the molecule is CC(C)C(=O)NC1CN(Cc2ccc3ccccc3n2)CC2(CCCC2)NC1=O. The molecule has 2 aliphatic rings. The molecule has 0 radical (unpaired) electrons. The maximum absolute atomic E-state index is 12.9. The fraction of sp³-hybridized carbons (Fsp3) is 0.522. The van der Waals surface area contributed by atoms with Crippen molar-refractivity contribution >= 4 is 22.7 Å². The Morgan fingerprint density at radius 3 is 2.76 bits per heavy atom. The normalized spacial score (nSPS) is 22.0. The molecule has 0 bridgehead atoms. The van der Waals surface area contributed by atoms with Gasteiger partial charge in [-0.1, -0.05) is 51.0 Å². The van der Waals surface area contributed by atoms with Gasteiger partial charge < -0.3 is 10.6 Å². The van der Waals surface area contributed by atoms with Gasteiger partial charge in [0.2, 0.25) is 11.8 Å². The molecule has 2 aromatic rings. The summed E-state index contributed by atoms with van der Waals surface area (Å²) in [6.07, 6.45) is 4.24. The van der Waals surface area contributed by atoms with Crippen LogP contribution in [-0.2, 0) is 16.1 Å². The lowest BCUT2D eigenvalue weighted by molar-refractivity contribution is -0.131. The van der Waals surface area contributed by atoms with Gasteiger partial charge >= 0.3 is 0 Å². The van der Waals surface area contributed by atoms with E-state index in [2.05, 4.69) is 33.7 Å². The van der Waals surface area contributed by atoms with Gasteiger partial charge in [0.25, 0.3) is 0 Å². The smallest absolute Gasteiger partial charge is 0.244 e. The van der Waals surface area contributed by atoms with Gasteiger partial charge in [0, 0.05) is 30.9 Å². The van der Waals surface area contributed by atoms with E-state index in [4.69, 9.17) is 4.98 Å². The van der Waals surface area contributed by atoms with Gasteiger partial charge in [-0.2, -0.15) is 0 Å². The van der Waals surface area contributed by atoms with E-state index in [1.807, 2.05) is 32.0 Å². The molecule has 1 unspecified atom stereocenters. The van der Waals surface area contributed by atoms with E-state index in [0.29, 0.717) is 13.1 Å². The third-order valence-corrected chi connectivity index (χ3v) is 6.12. The zero-order valence-corrected chi connectivity index (χ0v) is 17.3. The lowest BCUT2D eigenvalue weighted by Gasteiger charge is -2.32. The van der Waals surface area contributed by atoms with E-state index in [-0.39, 0.29) is 23.3 Å². The standard InChI is InChI=1S/C23H30N4O2/c1-16(2)21(28)25-20-14-27(15-23(26-22(20)29)11-5-6-12-23)13-18-10-9-17-7-3-4-8-19(17)24-18/h3-4,7-10,16,20H,5-6,11-15H2,1-2H3,(H,25,28)(H,26,29). The summed E-state index contributed by atoms with van der Waals surface area (Å²) in [5.41, 5.74) is 1.78.